The van der Waals surface area contributed by atoms with Crippen molar-refractivity contribution in [2.24, 2.45) is 5.92 Å². The van der Waals surface area contributed by atoms with Crippen LogP contribution in [0.25, 0.3) is 0 Å². The van der Waals surface area contributed by atoms with E-state index in [1.165, 1.54) is 31.6 Å². The van der Waals surface area contributed by atoms with Gasteiger partial charge in [-0.25, -0.2) is 0 Å². The first-order chi connectivity index (χ1) is 12.6. The molecular weight excluding hydrogens is 324 g/mol. The molecule has 3 fully saturated rings. The van der Waals surface area contributed by atoms with Crippen LogP contribution >= 0.6 is 0 Å². The monoisotopic (exact) mass is 354 g/mol. The molecule has 3 aliphatic rings. The van der Waals surface area contributed by atoms with Crippen molar-refractivity contribution in [2.45, 2.75) is 44.7 Å². The van der Waals surface area contributed by atoms with E-state index >= 15 is 0 Å². The van der Waals surface area contributed by atoms with Crippen LogP contribution in [0.15, 0.2) is 36.5 Å². The average Bonchev–Trinajstić information content (AvgIpc) is 2.59. The maximum Gasteiger partial charge on any atom is 0.224 e. The van der Waals surface area contributed by atoms with Gasteiger partial charge in [0.25, 0.3) is 0 Å². The molecular formula is C21H30N4O. The van der Waals surface area contributed by atoms with Gasteiger partial charge in [-0.15, -0.1) is 0 Å². The Bertz CT molecular complexity index is 657. The molecule has 3 heterocycles. The summed E-state index contributed by atoms with van der Waals surface area (Å²) in [4.78, 5) is 16.5. The zero-order valence-electron chi connectivity index (χ0n) is 15.7. The van der Waals surface area contributed by atoms with E-state index in [0.29, 0.717) is 6.42 Å². The second kappa shape index (κ2) is 7.31. The summed E-state index contributed by atoms with van der Waals surface area (Å²) in [5, 5.41) is 6.30. The number of benzene rings is 1. The van der Waals surface area contributed by atoms with Crippen LogP contribution in [0.1, 0.15) is 32.6 Å². The highest BCUT2D eigenvalue weighted by atomic mass is 16.1. The Morgan fingerprint density at radius 3 is 2.46 bits per heavy atom. The minimum absolute atomic E-state index is 0.0684. The normalized spacial score (nSPS) is 25.7. The predicted molar refractivity (Wildman–Crippen MR) is 106 cm³/mol. The zero-order chi connectivity index (χ0) is 18.1. The van der Waals surface area contributed by atoms with Crippen LogP contribution in [0.5, 0.6) is 0 Å². The number of hydrogen-bond acceptors (Lipinski definition) is 4. The molecule has 4 rings (SSSR count). The van der Waals surface area contributed by atoms with E-state index in [4.69, 9.17) is 0 Å². The van der Waals surface area contributed by atoms with E-state index in [9.17, 15) is 4.79 Å². The number of nitrogens with one attached hydrogen (secondary N) is 2. The van der Waals surface area contributed by atoms with Crippen molar-refractivity contribution in [1.29, 1.82) is 0 Å². The van der Waals surface area contributed by atoms with Gasteiger partial charge >= 0.3 is 0 Å². The highest BCUT2D eigenvalue weighted by molar-refractivity contribution is 5.79. The Morgan fingerprint density at radius 2 is 1.81 bits per heavy atom. The molecule has 3 saturated heterocycles. The van der Waals surface area contributed by atoms with Crippen molar-refractivity contribution in [3.63, 3.8) is 0 Å². The van der Waals surface area contributed by atoms with Gasteiger partial charge in [0, 0.05) is 42.6 Å². The molecule has 1 aromatic rings. The summed E-state index contributed by atoms with van der Waals surface area (Å²) in [5.74, 6) is 0.968. The molecule has 0 radical (unpaired) electrons. The van der Waals surface area contributed by atoms with Crippen LogP contribution in [0.3, 0.4) is 0 Å². The summed E-state index contributed by atoms with van der Waals surface area (Å²) in [7, 11) is 0. The minimum atomic E-state index is 0.0684. The molecule has 1 aromatic carbocycles. The number of amides is 1. The van der Waals surface area contributed by atoms with E-state index in [1.807, 2.05) is 0 Å². The third kappa shape index (κ3) is 3.73. The number of piperidine rings is 2. The second-order valence-electron chi connectivity index (χ2n) is 8.13. The second-order valence-corrected chi connectivity index (χ2v) is 8.13. The van der Waals surface area contributed by atoms with Crippen LogP contribution in [0.2, 0.25) is 0 Å². The number of nitrogens with zero attached hydrogens (tertiary/aromatic N) is 2. The predicted octanol–water partition coefficient (Wildman–Crippen LogP) is 2.81. The molecule has 1 amide bonds. The summed E-state index contributed by atoms with van der Waals surface area (Å²) in [6.07, 6.45) is 4.06. The summed E-state index contributed by atoms with van der Waals surface area (Å²) >= 11 is 0. The van der Waals surface area contributed by atoms with Gasteiger partial charge in [-0.2, -0.15) is 0 Å². The Labute approximate surface area is 156 Å². The van der Waals surface area contributed by atoms with Crippen molar-refractivity contribution in [2.75, 3.05) is 36.4 Å². The molecule has 0 aliphatic carbocycles. The number of rotatable bonds is 4. The van der Waals surface area contributed by atoms with Crippen molar-refractivity contribution < 1.29 is 4.79 Å². The number of anilines is 2. The molecule has 140 valence electrons. The van der Waals surface area contributed by atoms with Gasteiger partial charge in [-0.1, -0.05) is 13.5 Å². The summed E-state index contributed by atoms with van der Waals surface area (Å²) in [5.41, 5.74) is 3.15. The van der Waals surface area contributed by atoms with Crippen LogP contribution in [-0.2, 0) is 4.79 Å². The van der Waals surface area contributed by atoms with Crippen LogP contribution in [0, 0.1) is 5.92 Å². The molecule has 0 aromatic heterocycles. The standard InChI is InChI=1S/C21H30N4O/c1-15-9-11-24(12-10-15)19-13-25(14-19)18-5-3-17(4-6-18)23-20-7-8-21(26)22-16(20)2/h3-6,15,19-20,23H,2,7-14H2,1H3,(H,22,26). The summed E-state index contributed by atoms with van der Waals surface area (Å²) < 4.78 is 0. The summed E-state index contributed by atoms with van der Waals surface area (Å²) in [6, 6.07) is 9.51. The van der Waals surface area contributed by atoms with Crippen molar-refractivity contribution in [3.8, 4) is 0 Å². The minimum Gasteiger partial charge on any atom is -0.377 e. The van der Waals surface area contributed by atoms with Crippen LogP contribution in [0.4, 0.5) is 11.4 Å². The smallest absolute Gasteiger partial charge is 0.224 e. The first-order valence-corrected chi connectivity index (χ1v) is 9.93. The largest absolute Gasteiger partial charge is 0.377 e. The van der Waals surface area contributed by atoms with Gasteiger partial charge in [0.1, 0.15) is 0 Å². The van der Waals surface area contributed by atoms with Gasteiger partial charge in [0.15, 0.2) is 0 Å². The molecule has 5 heteroatoms. The Morgan fingerprint density at radius 1 is 1.12 bits per heavy atom. The topological polar surface area (TPSA) is 47.6 Å². The third-order valence-electron chi connectivity index (χ3n) is 6.15. The van der Waals surface area contributed by atoms with E-state index in [1.54, 1.807) is 0 Å². The van der Waals surface area contributed by atoms with Gasteiger partial charge in [0.05, 0.1) is 6.04 Å². The van der Waals surface area contributed by atoms with E-state index in [-0.39, 0.29) is 11.9 Å². The number of carbonyl (C=O) groups excluding carboxylic acids is 1. The molecule has 0 spiro atoms. The Hall–Kier alpha value is -2.01. The van der Waals surface area contributed by atoms with Gasteiger partial charge in [-0.05, 0) is 62.5 Å². The highest BCUT2D eigenvalue weighted by Crippen LogP contribution is 2.28. The summed E-state index contributed by atoms with van der Waals surface area (Å²) in [6.45, 7) is 11.2. The van der Waals surface area contributed by atoms with Crippen LogP contribution in [-0.4, -0.2) is 49.1 Å². The van der Waals surface area contributed by atoms with Gasteiger partial charge in [-0.3, -0.25) is 9.69 Å². The number of hydrogen-bond donors (Lipinski definition) is 2. The van der Waals surface area contributed by atoms with Crippen molar-refractivity contribution >= 4 is 17.3 Å². The molecule has 0 bridgehead atoms. The Balaban J connectivity index is 1.27. The number of likely N-dealkylation sites (tertiary alicyclic amines) is 1. The highest BCUT2D eigenvalue weighted by Gasteiger charge is 2.33. The maximum atomic E-state index is 11.4. The lowest BCUT2D eigenvalue weighted by Gasteiger charge is -2.48. The lowest BCUT2D eigenvalue weighted by atomic mass is 9.95. The fourth-order valence-corrected chi connectivity index (χ4v) is 4.20. The fourth-order valence-electron chi connectivity index (χ4n) is 4.20. The quantitative estimate of drug-likeness (QED) is 0.873. The lowest BCUT2D eigenvalue weighted by Crippen LogP contribution is -2.60. The molecule has 5 nitrogen and oxygen atoms in total. The van der Waals surface area contributed by atoms with E-state index < -0.39 is 0 Å². The lowest BCUT2D eigenvalue weighted by molar-refractivity contribution is -0.121. The number of carbonyl (C=O) groups is 1. The molecule has 1 unspecified atom stereocenters. The third-order valence-corrected chi connectivity index (χ3v) is 6.15. The first-order valence-electron chi connectivity index (χ1n) is 9.93. The fraction of sp³-hybridized carbons (Fsp3) is 0.571. The van der Waals surface area contributed by atoms with Crippen LogP contribution < -0.4 is 15.5 Å². The van der Waals surface area contributed by atoms with E-state index in [0.717, 1.165) is 42.9 Å². The Kier molecular flexibility index (Phi) is 4.90. The molecule has 0 saturated carbocycles. The SMILES string of the molecule is C=C1NC(=O)CCC1Nc1ccc(N2CC(N3CCC(C)CC3)C2)cc1. The van der Waals surface area contributed by atoms with E-state index in [2.05, 4.69) is 58.2 Å². The van der Waals surface area contributed by atoms with Gasteiger partial charge < -0.3 is 15.5 Å². The first kappa shape index (κ1) is 17.4. The van der Waals surface area contributed by atoms with Crippen molar-refractivity contribution in [3.05, 3.63) is 36.5 Å². The average molecular weight is 354 g/mol. The van der Waals surface area contributed by atoms with Gasteiger partial charge in [0.2, 0.25) is 5.91 Å². The molecule has 26 heavy (non-hydrogen) atoms. The molecule has 3 aliphatic heterocycles. The maximum absolute atomic E-state index is 11.4. The zero-order valence-corrected chi connectivity index (χ0v) is 15.7. The van der Waals surface area contributed by atoms with Crippen molar-refractivity contribution in [1.82, 2.24) is 10.2 Å². The molecule has 1 atom stereocenters. The molecule has 2 N–H and O–H groups in total.